The highest BCUT2D eigenvalue weighted by Gasteiger charge is 2.07. The Hall–Kier alpha value is -1.71. The molecule has 0 saturated carbocycles. The van der Waals surface area contributed by atoms with Gasteiger partial charge in [-0.1, -0.05) is 49.2 Å². The standard InChI is InChI=1S/C16H16Cl2N2O/c1-10(2)11-3-6-13(7-4-11)19-16(21)20-15-9-12(17)5-8-14(15)18/h3-10H,1-2H3,(H2,19,20,21). The third-order valence-corrected chi connectivity index (χ3v) is 3.58. The molecule has 110 valence electrons. The Kier molecular flexibility index (Phi) is 5.10. The minimum absolute atomic E-state index is 0.364. The minimum atomic E-state index is -0.364. The Morgan fingerprint density at radius 3 is 2.29 bits per heavy atom. The lowest BCUT2D eigenvalue weighted by molar-refractivity contribution is 0.262. The molecule has 0 aliphatic carbocycles. The molecule has 0 saturated heterocycles. The molecule has 2 aromatic carbocycles. The molecule has 0 radical (unpaired) electrons. The van der Waals surface area contributed by atoms with Gasteiger partial charge in [-0.2, -0.15) is 0 Å². The fourth-order valence-electron chi connectivity index (χ4n) is 1.83. The van der Waals surface area contributed by atoms with E-state index in [1.54, 1.807) is 18.2 Å². The smallest absolute Gasteiger partial charge is 0.308 e. The second-order valence-electron chi connectivity index (χ2n) is 4.98. The average Bonchev–Trinajstić information content (AvgIpc) is 2.43. The summed E-state index contributed by atoms with van der Waals surface area (Å²) >= 11 is 11.9. The molecule has 0 heterocycles. The molecule has 21 heavy (non-hydrogen) atoms. The van der Waals surface area contributed by atoms with Gasteiger partial charge in [0.15, 0.2) is 0 Å². The van der Waals surface area contributed by atoms with E-state index in [2.05, 4.69) is 24.5 Å². The highest BCUT2D eigenvalue weighted by Crippen LogP contribution is 2.25. The fraction of sp³-hybridized carbons (Fsp3) is 0.188. The third kappa shape index (κ3) is 4.38. The van der Waals surface area contributed by atoms with Crippen molar-refractivity contribution >= 4 is 40.6 Å². The summed E-state index contributed by atoms with van der Waals surface area (Å²) in [6.07, 6.45) is 0. The van der Waals surface area contributed by atoms with Crippen molar-refractivity contribution in [3.8, 4) is 0 Å². The van der Waals surface area contributed by atoms with E-state index in [9.17, 15) is 4.79 Å². The number of hydrogen-bond acceptors (Lipinski definition) is 1. The summed E-state index contributed by atoms with van der Waals surface area (Å²) in [5.74, 6) is 0.457. The molecule has 0 aliphatic rings. The molecule has 5 heteroatoms. The first-order chi connectivity index (χ1) is 9.95. The zero-order chi connectivity index (χ0) is 15.4. The Labute approximate surface area is 134 Å². The Morgan fingerprint density at radius 1 is 1.00 bits per heavy atom. The molecule has 2 amide bonds. The first-order valence-electron chi connectivity index (χ1n) is 6.58. The lowest BCUT2D eigenvalue weighted by atomic mass is 10.0. The quantitative estimate of drug-likeness (QED) is 0.740. The van der Waals surface area contributed by atoms with E-state index in [-0.39, 0.29) is 6.03 Å². The number of carbonyl (C=O) groups excluding carboxylic acids is 1. The number of nitrogens with one attached hydrogen (secondary N) is 2. The lowest BCUT2D eigenvalue weighted by Crippen LogP contribution is -2.19. The number of carbonyl (C=O) groups is 1. The van der Waals surface area contributed by atoms with Gasteiger partial charge < -0.3 is 10.6 Å². The topological polar surface area (TPSA) is 41.1 Å². The molecule has 0 atom stereocenters. The predicted octanol–water partition coefficient (Wildman–Crippen LogP) is 5.76. The predicted molar refractivity (Wildman–Crippen MR) is 89.6 cm³/mol. The molecular formula is C16H16Cl2N2O. The Bertz CT molecular complexity index is 639. The van der Waals surface area contributed by atoms with E-state index in [1.807, 2.05) is 24.3 Å². The van der Waals surface area contributed by atoms with Crippen molar-refractivity contribution in [2.75, 3.05) is 10.6 Å². The zero-order valence-electron chi connectivity index (χ0n) is 11.8. The number of halogens is 2. The first kappa shape index (κ1) is 15.7. The molecule has 0 fully saturated rings. The van der Waals surface area contributed by atoms with Gasteiger partial charge in [0.25, 0.3) is 0 Å². The van der Waals surface area contributed by atoms with E-state index in [4.69, 9.17) is 23.2 Å². The summed E-state index contributed by atoms with van der Waals surface area (Å²) in [4.78, 5) is 11.9. The SMILES string of the molecule is CC(C)c1ccc(NC(=O)Nc2cc(Cl)ccc2Cl)cc1. The van der Waals surface area contributed by atoms with Gasteiger partial charge in [0, 0.05) is 10.7 Å². The Morgan fingerprint density at radius 2 is 1.67 bits per heavy atom. The summed E-state index contributed by atoms with van der Waals surface area (Å²) in [6, 6.07) is 12.3. The van der Waals surface area contributed by atoms with Crippen LogP contribution in [-0.2, 0) is 0 Å². The summed E-state index contributed by atoms with van der Waals surface area (Å²) in [5, 5.41) is 6.37. The van der Waals surface area contributed by atoms with Crippen LogP contribution >= 0.6 is 23.2 Å². The number of hydrogen-bond donors (Lipinski definition) is 2. The maximum absolute atomic E-state index is 11.9. The van der Waals surface area contributed by atoms with Crippen molar-refractivity contribution in [2.45, 2.75) is 19.8 Å². The van der Waals surface area contributed by atoms with E-state index in [0.717, 1.165) is 5.69 Å². The third-order valence-electron chi connectivity index (χ3n) is 3.01. The van der Waals surface area contributed by atoms with Gasteiger partial charge in [-0.3, -0.25) is 0 Å². The van der Waals surface area contributed by atoms with Crippen LogP contribution in [0.1, 0.15) is 25.3 Å². The van der Waals surface area contributed by atoms with Crippen LogP contribution in [0.4, 0.5) is 16.2 Å². The monoisotopic (exact) mass is 322 g/mol. The molecule has 0 aromatic heterocycles. The van der Waals surface area contributed by atoms with Crippen molar-refractivity contribution in [1.82, 2.24) is 0 Å². The summed E-state index contributed by atoms with van der Waals surface area (Å²) < 4.78 is 0. The molecule has 2 aromatic rings. The van der Waals surface area contributed by atoms with Gasteiger partial charge in [-0.05, 0) is 41.8 Å². The van der Waals surface area contributed by atoms with Crippen LogP contribution in [-0.4, -0.2) is 6.03 Å². The molecule has 0 bridgehead atoms. The second kappa shape index (κ2) is 6.83. The maximum Gasteiger partial charge on any atom is 0.323 e. The van der Waals surface area contributed by atoms with Crippen LogP contribution in [0.3, 0.4) is 0 Å². The second-order valence-corrected chi connectivity index (χ2v) is 5.82. The summed E-state index contributed by atoms with van der Waals surface area (Å²) in [7, 11) is 0. The van der Waals surface area contributed by atoms with E-state index >= 15 is 0 Å². The highest BCUT2D eigenvalue weighted by molar-refractivity contribution is 6.35. The Balaban J connectivity index is 2.03. The number of anilines is 2. The highest BCUT2D eigenvalue weighted by atomic mass is 35.5. The maximum atomic E-state index is 11.9. The van der Waals surface area contributed by atoms with E-state index in [1.165, 1.54) is 5.56 Å². The van der Waals surface area contributed by atoms with Gasteiger partial charge in [0.1, 0.15) is 0 Å². The zero-order valence-corrected chi connectivity index (χ0v) is 13.3. The minimum Gasteiger partial charge on any atom is -0.308 e. The molecule has 0 unspecified atom stereocenters. The van der Waals surface area contributed by atoms with Crippen LogP contribution in [0, 0.1) is 0 Å². The van der Waals surface area contributed by atoms with Gasteiger partial charge in [-0.15, -0.1) is 0 Å². The summed E-state index contributed by atoms with van der Waals surface area (Å²) in [5.41, 5.74) is 2.41. The van der Waals surface area contributed by atoms with Gasteiger partial charge in [0.05, 0.1) is 10.7 Å². The summed E-state index contributed by atoms with van der Waals surface area (Å²) in [6.45, 7) is 4.24. The number of benzene rings is 2. The molecule has 3 nitrogen and oxygen atoms in total. The molecule has 0 spiro atoms. The van der Waals surface area contributed by atoms with Crippen molar-refractivity contribution in [2.24, 2.45) is 0 Å². The number of amides is 2. The lowest BCUT2D eigenvalue weighted by Gasteiger charge is -2.10. The molecule has 0 aliphatic heterocycles. The van der Waals surface area contributed by atoms with Crippen molar-refractivity contribution < 1.29 is 4.79 Å². The fourth-order valence-corrected chi connectivity index (χ4v) is 2.17. The average molecular weight is 323 g/mol. The number of urea groups is 1. The van der Waals surface area contributed by atoms with Crippen LogP contribution in [0.25, 0.3) is 0 Å². The molecular weight excluding hydrogens is 307 g/mol. The van der Waals surface area contributed by atoms with Crippen molar-refractivity contribution in [3.05, 3.63) is 58.1 Å². The van der Waals surface area contributed by atoms with Crippen molar-refractivity contribution in [1.29, 1.82) is 0 Å². The first-order valence-corrected chi connectivity index (χ1v) is 7.34. The largest absolute Gasteiger partial charge is 0.323 e. The van der Waals surface area contributed by atoms with Gasteiger partial charge >= 0.3 is 6.03 Å². The van der Waals surface area contributed by atoms with E-state index < -0.39 is 0 Å². The molecule has 2 N–H and O–H groups in total. The molecule has 2 rings (SSSR count). The normalized spacial score (nSPS) is 10.5. The van der Waals surface area contributed by atoms with Gasteiger partial charge in [-0.25, -0.2) is 4.79 Å². The van der Waals surface area contributed by atoms with Crippen LogP contribution in [0.2, 0.25) is 10.0 Å². The van der Waals surface area contributed by atoms with Crippen LogP contribution in [0.5, 0.6) is 0 Å². The van der Waals surface area contributed by atoms with E-state index in [0.29, 0.717) is 21.7 Å². The number of rotatable bonds is 3. The van der Waals surface area contributed by atoms with Crippen LogP contribution in [0.15, 0.2) is 42.5 Å². The van der Waals surface area contributed by atoms with Crippen LogP contribution < -0.4 is 10.6 Å². The van der Waals surface area contributed by atoms with Crippen molar-refractivity contribution in [3.63, 3.8) is 0 Å². The van der Waals surface area contributed by atoms with Gasteiger partial charge in [0.2, 0.25) is 0 Å².